The van der Waals surface area contributed by atoms with Crippen molar-refractivity contribution in [3.05, 3.63) is 35.4 Å². The van der Waals surface area contributed by atoms with Crippen LogP contribution in [0.2, 0.25) is 0 Å². The highest BCUT2D eigenvalue weighted by molar-refractivity contribution is 7.99. The van der Waals surface area contributed by atoms with Crippen molar-refractivity contribution in [2.45, 2.75) is 25.8 Å². The van der Waals surface area contributed by atoms with Crippen LogP contribution >= 0.6 is 11.8 Å². The summed E-state index contributed by atoms with van der Waals surface area (Å²) in [4.78, 5) is 29.3. The number of carbonyl (C=O) groups is 2. The molecule has 0 bridgehead atoms. The van der Waals surface area contributed by atoms with Gasteiger partial charge >= 0.3 is 0 Å². The average molecular weight is 347 g/mol. The van der Waals surface area contributed by atoms with Crippen molar-refractivity contribution < 1.29 is 9.59 Å². The molecule has 6 heteroatoms. The third-order valence-electron chi connectivity index (χ3n) is 4.64. The number of thioether (sulfide) groups is 1. The van der Waals surface area contributed by atoms with Gasteiger partial charge in [-0.25, -0.2) is 0 Å². The van der Waals surface area contributed by atoms with Gasteiger partial charge in [0.2, 0.25) is 5.91 Å². The Morgan fingerprint density at radius 1 is 1.29 bits per heavy atom. The molecule has 0 saturated carbocycles. The fraction of sp³-hybridized carbons (Fsp3) is 0.556. The molecule has 24 heavy (non-hydrogen) atoms. The number of nitrogens with zero attached hydrogens (tertiary/aromatic N) is 2. The molecular weight excluding hydrogens is 322 g/mol. The lowest BCUT2D eigenvalue weighted by Gasteiger charge is -2.24. The summed E-state index contributed by atoms with van der Waals surface area (Å²) in [6.07, 6.45) is 2.51. The fourth-order valence-corrected chi connectivity index (χ4v) is 4.42. The second-order valence-corrected chi connectivity index (χ2v) is 7.50. The van der Waals surface area contributed by atoms with Crippen LogP contribution in [0.25, 0.3) is 0 Å². The molecule has 1 aromatic carbocycles. The van der Waals surface area contributed by atoms with E-state index in [-0.39, 0.29) is 17.9 Å². The molecule has 1 N–H and O–H groups in total. The predicted octanol–water partition coefficient (Wildman–Crippen LogP) is 1.72. The molecule has 2 amide bonds. The molecule has 1 unspecified atom stereocenters. The molecule has 1 atom stereocenters. The van der Waals surface area contributed by atoms with Crippen LogP contribution in [0.4, 0.5) is 0 Å². The average Bonchev–Trinajstić information content (AvgIpc) is 3.25. The maximum Gasteiger partial charge on any atom is 0.255 e. The van der Waals surface area contributed by atoms with Crippen molar-refractivity contribution in [3.8, 4) is 0 Å². The normalized spacial score (nSPS) is 21.2. The zero-order valence-corrected chi connectivity index (χ0v) is 15.0. The molecule has 0 aromatic heterocycles. The lowest BCUT2D eigenvalue weighted by Crippen LogP contribution is -2.48. The largest absolute Gasteiger partial charge is 0.353 e. The minimum Gasteiger partial charge on any atom is -0.353 e. The van der Waals surface area contributed by atoms with Crippen molar-refractivity contribution in [3.63, 3.8) is 0 Å². The second-order valence-electron chi connectivity index (χ2n) is 6.50. The molecule has 2 aliphatic rings. The number of amides is 2. The molecule has 0 aliphatic carbocycles. The number of hydrogen-bond donors (Lipinski definition) is 1. The molecule has 2 saturated heterocycles. The Labute approximate surface area is 147 Å². The van der Waals surface area contributed by atoms with Gasteiger partial charge in [0, 0.05) is 24.4 Å². The van der Waals surface area contributed by atoms with Gasteiger partial charge in [0.05, 0.1) is 5.88 Å². The van der Waals surface area contributed by atoms with E-state index in [1.165, 1.54) is 12.8 Å². The van der Waals surface area contributed by atoms with Gasteiger partial charge in [0.15, 0.2) is 0 Å². The lowest BCUT2D eigenvalue weighted by molar-refractivity contribution is -0.124. The first-order valence-electron chi connectivity index (χ1n) is 8.60. The van der Waals surface area contributed by atoms with Gasteiger partial charge in [-0.05, 0) is 45.0 Å². The van der Waals surface area contributed by atoms with Crippen molar-refractivity contribution in [2.75, 3.05) is 37.8 Å². The maximum absolute atomic E-state index is 12.7. The summed E-state index contributed by atoms with van der Waals surface area (Å²) in [5.74, 6) is 1.17. The zero-order chi connectivity index (χ0) is 16.9. The Hall–Kier alpha value is -1.53. The van der Waals surface area contributed by atoms with Gasteiger partial charge in [-0.2, -0.15) is 0 Å². The zero-order valence-electron chi connectivity index (χ0n) is 14.2. The smallest absolute Gasteiger partial charge is 0.255 e. The molecule has 2 fully saturated rings. The number of likely N-dealkylation sites (tertiary alicyclic amines) is 1. The SMILES string of the molecule is Cc1cccc(C(=O)N2CSCC2C(=O)NCCN2CCCC2)c1. The maximum atomic E-state index is 12.7. The van der Waals surface area contributed by atoms with Crippen LogP contribution in [0.5, 0.6) is 0 Å². The van der Waals surface area contributed by atoms with Crippen LogP contribution in [-0.4, -0.2) is 65.5 Å². The predicted molar refractivity (Wildman–Crippen MR) is 97.1 cm³/mol. The van der Waals surface area contributed by atoms with Gasteiger partial charge in [-0.1, -0.05) is 17.7 Å². The topological polar surface area (TPSA) is 52.7 Å². The summed E-state index contributed by atoms with van der Waals surface area (Å²) in [6.45, 7) is 5.79. The number of aryl methyl sites for hydroxylation is 1. The molecule has 2 heterocycles. The van der Waals surface area contributed by atoms with E-state index in [4.69, 9.17) is 0 Å². The van der Waals surface area contributed by atoms with Gasteiger partial charge in [-0.3, -0.25) is 9.59 Å². The molecule has 1 aromatic rings. The first-order valence-corrected chi connectivity index (χ1v) is 9.76. The van der Waals surface area contributed by atoms with Crippen LogP contribution in [0.15, 0.2) is 24.3 Å². The van der Waals surface area contributed by atoms with E-state index in [1.54, 1.807) is 16.7 Å². The quantitative estimate of drug-likeness (QED) is 0.881. The minimum absolute atomic E-state index is 0.0276. The highest BCUT2D eigenvalue weighted by Gasteiger charge is 2.35. The summed E-state index contributed by atoms with van der Waals surface area (Å²) in [5.41, 5.74) is 1.71. The van der Waals surface area contributed by atoms with Crippen LogP contribution in [0.3, 0.4) is 0 Å². The summed E-state index contributed by atoms with van der Waals surface area (Å²) < 4.78 is 0. The van der Waals surface area contributed by atoms with E-state index >= 15 is 0 Å². The van der Waals surface area contributed by atoms with E-state index in [0.717, 1.165) is 25.2 Å². The van der Waals surface area contributed by atoms with Crippen LogP contribution in [0, 0.1) is 6.92 Å². The fourth-order valence-electron chi connectivity index (χ4n) is 3.27. The first kappa shape index (κ1) is 17.3. The Kier molecular flexibility index (Phi) is 5.79. The molecule has 5 nitrogen and oxygen atoms in total. The number of carbonyl (C=O) groups excluding carboxylic acids is 2. The Bertz CT molecular complexity index is 602. The van der Waals surface area contributed by atoms with Gasteiger partial charge in [-0.15, -0.1) is 11.8 Å². The first-order chi connectivity index (χ1) is 11.6. The van der Waals surface area contributed by atoms with Crippen molar-refractivity contribution in [1.29, 1.82) is 0 Å². The van der Waals surface area contributed by atoms with Crippen molar-refractivity contribution in [1.82, 2.24) is 15.1 Å². The summed E-state index contributed by atoms with van der Waals surface area (Å²) in [7, 11) is 0. The number of rotatable bonds is 5. The monoisotopic (exact) mass is 347 g/mol. The highest BCUT2D eigenvalue weighted by atomic mass is 32.2. The third-order valence-corrected chi connectivity index (χ3v) is 5.65. The van der Waals surface area contributed by atoms with Gasteiger partial charge < -0.3 is 15.1 Å². The van der Waals surface area contributed by atoms with Gasteiger partial charge in [0.25, 0.3) is 5.91 Å². The number of nitrogens with one attached hydrogen (secondary N) is 1. The van der Waals surface area contributed by atoms with E-state index in [1.807, 2.05) is 31.2 Å². The van der Waals surface area contributed by atoms with Crippen LogP contribution < -0.4 is 5.32 Å². The van der Waals surface area contributed by atoms with Gasteiger partial charge in [0.1, 0.15) is 6.04 Å². The van der Waals surface area contributed by atoms with E-state index in [9.17, 15) is 9.59 Å². The van der Waals surface area contributed by atoms with Crippen LogP contribution in [0.1, 0.15) is 28.8 Å². The molecular formula is C18H25N3O2S. The van der Waals surface area contributed by atoms with E-state index < -0.39 is 0 Å². The van der Waals surface area contributed by atoms with E-state index in [0.29, 0.717) is 23.7 Å². The molecule has 0 radical (unpaired) electrons. The Balaban J connectivity index is 1.55. The minimum atomic E-state index is -0.360. The molecule has 2 aliphatic heterocycles. The summed E-state index contributed by atoms with van der Waals surface area (Å²) in [5, 5.41) is 3.01. The Morgan fingerprint density at radius 2 is 2.08 bits per heavy atom. The molecule has 0 spiro atoms. The Morgan fingerprint density at radius 3 is 2.83 bits per heavy atom. The highest BCUT2D eigenvalue weighted by Crippen LogP contribution is 2.23. The summed E-state index contributed by atoms with van der Waals surface area (Å²) in [6, 6.07) is 7.20. The van der Waals surface area contributed by atoms with E-state index in [2.05, 4.69) is 10.2 Å². The van der Waals surface area contributed by atoms with Crippen molar-refractivity contribution >= 4 is 23.6 Å². The van der Waals surface area contributed by atoms with Crippen LogP contribution in [-0.2, 0) is 4.79 Å². The second kappa shape index (κ2) is 8.03. The molecule has 3 rings (SSSR count). The number of benzene rings is 1. The third kappa shape index (κ3) is 4.11. The summed E-state index contributed by atoms with van der Waals surface area (Å²) >= 11 is 1.64. The van der Waals surface area contributed by atoms with Crippen molar-refractivity contribution in [2.24, 2.45) is 0 Å². The lowest BCUT2D eigenvalue weighted by atomic mass is 10.1. The molecule has 130 valence electrons. The number of hydrogen-bond acceptors (Lipinski definition) is 4. The standard InChI is InChI=1S/C18H25N3O2S/c1-14-5-4-6-15(11-14)18(23)21-13-24-12-16(21)17(22)19-7-10-20-8-2-3-9-20/h4-6,11,16H,2-3,7-10,12-13H2,1H3,(H,19,22).